The van der Waals surface area contributed by atoms with Crippen molar-refractivity contribution in [1.82, 2.24) is 10.2 Å². The molecule has 0 fully saturated rings. The molecule has 0 radical (unpaired) electrons. The van der Waals surface area contributed by atoms with Gasteiger partial charge in [-0.1, -0.05) is 60.7 Å². The molecule has 0 saturated heterocycles. The number of hydrogen-bond acceptors (Lipinski definition) is 6. The first-order valence-electron chi connectivity index (χ1n) is 12.9. The molecule has 0 spiro atoms. The SMILES string of the molecule is COc1ccc(OC)c(N(CC(=O)N(Cc2ccccc2)C(Cc2ccccc2)C(=O)NC(C)C)S(C)(=O)=O)c1. The van der Waals surface area contributed by atoms with E-state index >= 15 is 0 Å². The van der Waals surface area contributed by atoms with Crippen molar-refractivity contribution in [2.75, 3.05) is 31.3 Å². The molecule has 214 valence electrons. The molecule has 1 N–H and O–H groups in total. The van der Waals surface area contributed by atoms with Gasteiger partial charge in [0.25, 0.3) is 0 Å². The third kappa shape index (κ3) is 8.22. The van der Waals surface area contributed by atoms with Crippen molar-refractivity contribution in [2.45, 2.75) is 38.9 Å². The number of carbonyl (C=O) groups excluding carboxylic acids is 2. The average molecular weight is 568 g/mol. The van der Waals surface area contributed by atoms with E-state index in [0.29, 0.717) is 5.75 Å². The first-order chi connectivity index (χ1) is 19.0. The number of hydrogen-bond donors (Lipinski definition) is 1. The Morgan fingerprint density at radius 2 is 1.48 bits per heavy atom. The highest BCUT2D eigenvalue weighted by atomic mass is 32.2. The minimum absolute atomic E-state index is 0.107. The number of benzene rings is 3. The molecule has 3 aromatic carbocycles. The molecule has 0 heterocycles. The summed E-state index contributed by atoms with van der Waals surface area (Å²) in [5.41, 5.74) is 1.83. The van der Waals surface area contributed by atoms with Gasteiger partial charge in [-0.05, 0) is 37.1 Å². The summed E-state index contributed by atoms with van der Waals surface area (Å²) in [7, 11) is -1.07. The van der Waals surface area contributed by atoms with Crippen molar-refractivity contribution in [3.05, 3.63) is 90.0 Å². The molecular weight excluding hydrogens is 530 g/mol. The van der Waals surface area contributed by atoms with Crippen LogP contribution in [0.5, 0.6) is 11.5 Å². The van der Waals surface area contributed by atoms with Crippen LogP contribution in [0.3, 0.4) is 0 Å². The van der Waals surface area contributed by atoms with E-state index in [0.717, 1.165) is 21.7 Å². The van der Waals surface area contributed by atoms with E-state index in [1.54, 1.807) is 12.1 Å². The summed E-state index contributed by atoms with van der Waals surface area (Å²) < 4.78 is 37.8. The van der Waals surface area contributed by atoms with Crippen LogP contribution in [-0.2, 0) is 32.6 Å². The number of amides is 2. The second-order valence-electron chi connectivity index (χ2n) is 9.68. The Bertz CT molecular complexity index is 1380. The number of ether oxygens (including phenoxy) is 2. The lowest BCUT2D eigenvalue weighted by Gasteiger charge is -2.34. The van der Waals surface area contributed by atoms with Crippen molar-refractivity contribution in [1.29, 1.82) is 0 Å². The lowest BCUT2D eigenvalue weighted by molar-refractivity contribution is -0.140. The molecule has 2 amide bonds. The summed E-state index contributed by atoms with van der Waals surface area (Å²) in [6.45, 7) is 3.26. The van der Waals surface area contributed by atoms with Crippen molar-refractivity contribution >= 4 is 27.5 Å². The second kappa shape index (κ2) is 13.8. The molecular formula is C30H37N3O6S. The Morgan fingerprint density at radius 3 is 2.00 bits per heavy atom. The van der Waals surface area contributed by atoms with Gasteiger partial charge in [-0.15, -0.1) is 0 Å². The van der Waals surface area contributed by atoms with Crippen LogP contribution in [0, 0.1) is 0 Å². The number of nitrogens with zero attached hydrogens (tertiary/aromatic N) is 2. The van der Waals surface area contributed by atoms with Gasteiger partial charge < -0.3 is 19.7 Å². The zero-order chi connectivity index (χ0) is 29.3. The van der Waals surface area contributed by atoms with Gasteiger partial charge in [0.05, 0.1) is 26.2 Å². The summed E-state index contributed by atoms with van der Waals surface area (Å²) in [4.78, 5) is 29.1. The molecule has 9 nitrogen and oxygen atoms in total. The number of sulfonamides is 1. The quantitative estimate of drug-likeness (QED) is 0.338. The van der Waals surface area contributed by atoms with Crippen molar-refractivity contribution < 1.29 is 27.5 Å². The normalized spacial score (nSPS) is 11.9. The third-order valence-electron chi connectivity index (χ3n) is 6.23. The Kier molecular flexibility index (Phi) is 10.6. The Morgan fingerprint density at radius 1 is 0.875 bits per heavy atom. The van der Waals surface area contributed by atoms with Crippen molar-refractivity contribution in [2.24, 2.45) is 0 Å². The van der Waals surface area contributed by atoms with Gasteiger partial charge in [0.2, 0.25) is 21.8 Å². The molecule has 3 aromatic rings. The highest BCUT2D eigenvalue weighted by Gasteiger charge is 2.34. The molecule has 0 aliphatic rings. The largest absolute Gasteiger partial charge is 0.497 e. The molecule has 0 aliphatic carbocycles. The van der Waals surface area contributed by atoms with Crippen LogP contribution in [0.2, 0.25) is 0 Å². The predicted molar refractivity (Wildman–Crippen MR) is 156 cm³/mol. The van der Waals surface area contributed by atoms with E-state index < -0.39 is 28.5 Å². The summed E-state index contributed by atoms with van der Waals surface area (Å²) in [6, 6.07) is 22.4. The molecule has 0 bridgehead atoms. The summed E-state index contributed by atoms with van der Waals surface area (Å²) >= 11 is 0. The van der Waals surface area contributed by atoms with Crippen LogP contribution < -0.4 is 19.1 Å². The molecule has 0 aromatic heterocycles. The van der Waals surface area contributed by atoms with Crippen LogP contribution >= 0.6 is 0 Å². The predicted octanol–water partition coefficient (Wildman–Crippen LogP) is 3.63. The molecule has 10 heteroatoms. The third-order valence-corrected chi connectivity index (χ3v) is 7.36. The van der Waals surface area contributed by atoms with E-state index in [1.165, 1.54) is 25.2 Å². The standard InChI is InChI=1S/C30H37N3O6S/c1-22(2)31-30(35)27(18-23-12-8-6-9-13-23)32(20-24-14-10-7-11-15-24)29(34)21-33(40(5,36)37)26-19-25(38-3)16-17-28(26)39-4/h6-17,19,22,27H,18,20-21H2,1-5H3,(H,31,35). The minimum Gasteiger partial charge on any atom is -0.497 e. The summed E-state index contributed by atoms with van der Waals surface area (Å²) in [5, 5.41) is 2.93. The highest BCUT2D eigenvalue weighted by molar-refractivity contribution is 7.92. The molecule has 0 saturated carbocycles. The van der Waals surface area contributed by atoms with Gasteiger partial charge in [-0.3, -0.25) is 13.9 Å². The number of nitrogens with one attached hydrogen (secondary N) is 1. The first kappa shape index (κ1) is 30.5. The fourth-order valence-electron chi connectivity index (χ4n) is 4.30. The fraction of sp³-hybridized carbons (Fsp3) is 0.333. The van der Waals surface area contributed by atoms with E-state index in [4.69, 9.17) is 9.47 Å². The van der Waals surface area contributed by atoms with Crippen LogP contribution in [0.1, 0.15) is 25.0 Å². The van der Waals surface area contributed by atoms with Gasteiger partial charge in [0.15, 0.2) is 0 Å². The van der Waals surface area contributed by atoms with Crippen molar-refractivity contribution in [3.8, 4) is 11.5 Å². The topological polar surface area (TPSA) is 105 Å². The monoisotopic (exact) mass is 567 g/mol. The van der Waals surface area contributed by atoms with Crippen LogP contribution in [0.4, 0.5) is 5.69 Å². The number of rotatable bonds is 13. The Hall–Kier alpha value is -4.05. The first-order valence-corrected chi connectivity index (χ1v) is 14.8. The number of carbonyl (C=O) groups is 2. The van der Waals surface area contributed by atoms with Crippen LogP contribution in [0.15, 0.2) is 78.9 Å². The molecule has 40 heavy (non-hydrogen) atoms. The van der Waals surface area contributed by atoms with Crippen LogP contribution in [0.25, 0.3) is 0 Å². The maximum atomic E-state index is 14.1. The molecule has 0 aliphatic heterocycles. The summed E-state index contributed by atoms with van der Waals surface area (Å²) in [5.74, 6) is -0.213. The zero-order valence-electron chi connectivity index (χ0n) is 23.5. The lowest BCUT2D eigenvalue weighted by atomic mass is 10.0. The van der Waals surface area contributed by atoms with Gasteiger partial charge in [0, 0.05) is 25.1 Å². The Labute approximate surface area is 236 Å². The average Bonchev–Trinajstić information content (AvgIpc) is 2.93. The maximum Gasteiger partial charge on any atom is 0.244 e. The van der Waals surface area contributed by atoms with Gasteiger partial charge in [-0.2, -0.15) is 0 Å². The zero-order valence-corrected chi connectivity index (χ0v) is 24.4. The van der Waals surface area contributed by atoms with Crippen LogP contribution in [-0.4, -0.2) is 64.2 Å². The van der Waals surface area contributed by atoms with E-state index in [-0.39, 0.29) is 36.4 Å². The highest BCUT2D eigenvalue weighted by Crippen LogP contribution is 2.34. The Balaban J connectivity index is 2.09. The number of methoxy groups -OCH3 is 2. The van der Waals surface area contributed by atoms with Crippen molar-refractivity contribution in [3.63, 3.8) is 0 Å². The lowest BCUT2D eigenvalue weighted by Crippen LogP contribution is -2.54. The molecule has 3 rings (SSSR count). The second-order valence-corrected chi connectivity index (χ2v) is 11.6. The van der Waals surface area contributed by atoms with E-state index in [2.05, 4.69) is 5.32 Å². The molecule has 1 unspecified atom stereocenters. The van der Waals surface area contributed by atoms with E-state index in [9.17, 15) is 18.0 Å². The fourth-order valence-corrected chi connectivity index (χ4v) is 5.15. The maximum absolute atomic E-state index is 14.1. The smallest absolute Gasteiger partial charge is 0.244 e. The van der Waals surface area contributed by atoms with Gasteiger partial charge in [0.1, 0.15) is 24.1 Å². The van der Waals surface area contributed by atoms with Gasteiger partial charge >= 0.3 is 0 Å². The van der Waals surface area contributed by atoms with E-state index in [1.807, 2.05) is 74.5 Å². The number of anilines is 1. The molecule has 1 atom stereocenters. The van der Waals surface area contributed by atoms with Gasteiger partial charge in [-0.25, -0.2) is 8.42 Å². The summed E-state index contributed by atoms with van der Waals surface area (Å²) in [6.07, 6.45) is 1.27. The minimum atomic E-state index is -3.95.